The first kappa shape index (κ1) is 14.0. The summed E-state index contributed by atoms with van der Waals surface area (Å²) in [5.74, 6) is 2.20. The summed E-state index contributed by atoms with van der Waals surface area (Å²) in [4.78, 5) is 4.44. The molecule has 1 aliphatic rings. The van der Waals surface area contributed by atoms with Gasteiger partial charge in [-0.1, -0.05) is 0 Å². The van der Waals surface area contributed by atoms with E-state index >= 15 is 0 Å². The van der Waals surface area contributed by atoms with Crippen LogP contribution in [-0.4, -0.2) is 27.7 Å². The first-order chi connectivity index (χ1) is 9.72. The number of imidazole rings is 1. The molecule has 20 heavy (non-hydrogen) atoms. The van der Waals surface area contributed by atoms with E-state index in [1.54, 1.807) is 6.07 Å². The van der Waals surface area contributed by atoms with Crippen LogP contribution in [0.2, 0.25) is 0 Å². The van der Waals surface area contributed by atoms with Gasteiger partial charge in [0.25, 0.3) is 0 Å². The van der Waals surface area contributed by atoms with Crippen LogP contribution in [0.3, 0.4) is 0 Å². The molecule has 1 atom stereocenters. The van der Waals surface area contributed by atoms with E-state index in [1.165, 1.54) is 31.8 Å². The van der Waals surface area contributed by atoms with E-state index in [9.17, 15) is 4.39 Å². The van der Waals surface area contributed by atoms with Crippen molar-refractivity contribution in [3.63, 3.8) is 0 Å². The number of fused-ring (bicyclic) bond motifs is 1. The van der Waals surface area contributed by atoms with Gasteiger partial charge in [-0.15, -0.1) is 11.6 Å². The Labute approximate surface area is 126 Å². The Balaban J connectivity index is 2.06. The molecule has 0 spiro atoms. The lowest BCUT2D eigenvalue weighted by atomic mass is 10.2. The second kappa shape index (κ2) is 5.82. The molecule has 2 heterocycles. The zero-order chi connectivity index (χ0) is 14.1. The van der Waals surface area contributed by atoms with Crippen molar-refractivity contribution in [3.05, 3.63) is 23.8 Å². The van der Waals surface area contributed by atoms with Crippen LogP contribution in [-0.2, 0) is 12.4 Å². The molecule has 1 aliphatic heterocycles. The molecule has 0 aliphatic carbocycles. The van der Waals surface area contributed by atoms with Crippen LogP contribution in [0.25, 0.3) is 11.0 Å². The van der Waals surface area contributed by atoms with Crippen LogP contribution in [0.4, 0.5) is 4.39 Å². The maximum atomic E-state index is 13.8. The summed E-state index contributed by atoms with van der Waals surface area (Å²) < 4.78 is 20.9. The average Bonchev–Trinajstić information content (AvgIpc) is 3.06. The number of rotatable bonds is 4. The Kier molecular flexibility index (Phi) is 4.08. The third-order valence-corrected chi connectivity index (χ3v) is 5.25. The molecule has 3 rings (SSSR count). The van der Waals surface area contributed by atoms with Crippen LogP contribution in [0.5, 0.6) is 5.75 Å². The lowest BCUT2D eigenvalue weighted by molar-refractivity contribution is 0.387. The molecule has 1 unspecified atom stereocenters. The predicted octanol–water partition coefficient (Wildman–Crippen LogP) is 3.82. The Bertz CT molecular complexity index is 625. The molecule has 1 saturated heterocycles. The molecule has 1 aromatic carbocycles. The quantitative estimate of drug-likeness (QED) is 0.803. The minimum absolute atomic E-state index is 0.249. The topological polar surface area (TPSA) is 27.1 Å². The number of nitrogens with zero attached hydrogens (tertiary/aromatic N) is 2. The van der Waals surface area contributed by atoms with Crippen LogP contribution in [0.15, 0.2) is 12.1 Å². The van der Waals surface area contributed by atoms with Crippen molar-refractivity contribution in [2.45, 2.75) is 30.5 Å². The molecule has 2 aromatic rings. The van der Waals surface area contributed by atoms with Gasteiger partial charge in [-0.2, -0.15) is 11.8 Å². The van der Waals surface area contributed by atoms with Gasteiger partial charge in [-0.25, -0.2) is 9.37 Å². The van der Waals surface area contributed by atoms with E-state index in [1.807, 2.05) is 11.8 Å². The third-order valence-electron chi connectivity index (χ3n) is 3.63. The SMILES string of the molecule is COc1cc2c(cc1F)nc(CCl)n2CC1CCCS1. The number of ether oxygens (including phenoxy) is 1. The van der Waals surface area contributed by atoms with Gasteiger partial charge < -0.3 is 9.30 Å². The van der Waals surface area contributed by atoms with Crippen LogP contribution < -0.4 is 4.74 Å². The average molecular weight is 315 g/mol. The van der Waals surface area contributed by atoms with Gasteiger partial charge in [-0.3, -0.25) is 0 Å². The highest BCUT2D eigenvalue weighted by Crippen LogP contribution is 2.31. The molecule has 1 fully saturated rings. The lowest BCUT2D eigenvalue weighted by Crippen LogP contribution is -2.12. The van der Waals surface area contributed by atoms with Crippen molar-refractivity contribution < 1.29 is 9.13 Å². The summed E-state index contributed by atoms with van der Waals surface area (Å²) >= 11 is 7.97. The largest absolute Gasteiger partial charge is 0.494 e. The number of alkyl halides is 1. The molecule has 0 radical (unpaired) electrons. The zero-order valence-corrected chi connectivity index (χ0v) is 12.8. The van der Waals surface area contributed by atoms with Gasteiger partial charge in [0.2, 0.25) is 0 Å². The van der Waals surface area contributed by atoms with Gasteiger partial charge in [0.1, 0.15) is 5.82 Å². The summed E-state index contributed by atoms with van der Waals surface area (Å²) in [6.07, 6.45) is 2.47. The predicted molar refractivity (Wildman–Crippen MR) is 81.3 cm³/mol. The molecule has 6 heteroatoms. The number of aromatic nitrogens is 2. The van der Waals surface area contributed by atoms with Crippen molar-refractivity contribution in [1.82, 2.24) is 9.55 Å². The molecular formula is C14H16ClFN2OS. The minimum atomic E-state index is -0.388. The number of methoxy groups -OCH3 is 1. The maximum Gasteiger partial charge on any atom is 0.167 e. The summed E-state index contributed by atoms with van der Waals surface area (Å²) in [6, 6.07) is 3.13. The lowest BCUT2D eigenvalue weighted by Gasteiger charge is -2.13. The second-order valence-electron chi connectivity index (χ2n) is 4.88. The molecule has 3 nitrogen and oxygen atoms in total. The minimum Gasteiger partial charge on any atom is -0.494 e. The van der Waals surface area contributed by atoms with Gasteiger partial charge in [0.15, 0.2) is 11.6 Å². The van der Waals surface area contributed by atoms with E-state index in [0.29, 0.717) is 16.6 Å². The molecule has 108 valence electrons. The Morgan fingerprint density at radius 2 is 2.40 bits per heavy atom. The Morgan fingerprint density at radius 3 is 3.05 bits per heavy atom. The van der Waals surface area contributed by atoms with Crippen LogP contribution in [0.1, 0.15) is 18.7 Å². The van der Waals surface area contributed by atoms with E-state index in [0.717, 1.165) is 17.9 Å². The van der Waals surface area contributed by atoms with Gasteiger partial charge in [0, 0.05) is 23.9 Å². The number of benzene rings is 1. The van der Waals surface area contributed by atoms with Crippen LogP contribution in [0, 0.1) is 5.82 Å². The van der Waals surface area contributed by atoms with E-state index in [2.05, 4.69) is 9.55 Å². The standard InChI is InChI=1S/C14H16ClFN2OS/c1-19-13-6-12-11(5-10(13)16)17-14(7-15)18(12)8-9-3-2-4-20-9/h5-6,9H,2-4,7-8H2,1H3. The normalized spacial score (nSPS) is 18.9. The highest BCUT2D eigenvalue weighted by atomic mass is 35.5. The molecular weight excluding hydrogens is 299 g/mol. The number of hydrogen-bond acceptors (Lipinski definition) is 3. The van der Waals surface area contributed by atoms with E-state index in [4.69, 9.17) is 16.3 Å². The maximum absolute atomic E-state index is 13.8. The highest BCUT2D eigenvalue weighted by Gasteiger charge is 2.20. The van der Waals surface area contributed by atoms with E-state index in [-0.39, 0.29) is 11.6 Å². The van der Waals surface area contributed by atoms with Crippen molar-refractivity contribution in [2.75, 3.05) is 12.9 Å². The number of halogens is 2. The first-order valence-corrected chi connectivity index (χ1v) is 8.21. The van der Waals surface area contributed by atoms with E-state index < -0.39 is 0 Å². The smallest absolute Gasteiger partial charge is 0.167 e. The molecule has 0 bridgehead atoms. The Hall–Kier alpha value is -0.940. The summed E-state index contributed by atoms with van der Waals surface area (Å²) in [7, 11) is 1.47. The Morgan fingerprint density at radius 1 is 1.55 bits per heavy atom. The number of hydrogen-bond donors (Lipinski definition) is 0. The molecule has 0 N–H and O–H groups in total. The second-order valence-corrected chi connectivity index (χ2v) is 6.56. The van der Waals surface area contributed by atoms with Crippen molar-refractivity contribution in [3.8, 4) is 5.75 Å². The van der Waals surface area contributed by atoms with Crippen molar-refractivity contribution >= 4 is 34.4 Å². The zero-order valence-electron chi connectivity index (χ0n) is 11.2. The summed E-state index contributed by atoms with van der Waals surface area (Å²) in [5, 5.41) is 0.588. The van der Waals surface area contributed by atoms with Crippen molar-refractivity contribution in [1.29, 1.82) is 0 Å². The fourth-order valence-corrected chi connectivity index (χ4v) is 4.09. The van der Waals surface area contributed by atoms with Gasteiger partial charge in [-0.05, 0) is 18.6 Å². The van der Waals surface area contributed by atoms with Crippen LogP contribution >= 0.6 is 23.4 Å². The summed E-state index contributed by atoms with van der Waals surface area (Å²) in [5.41, 5.74) is 1.54. The third kappa shape index (κ3) is 2.49. The number of thioether (sulfide) groups is 1. The van der Waals surface area contributed by atoms with Crippen molar-refractivity contribution in [2.24, 2.45) is 0 Å². The molecule has 1 aromatic heterocycles. The monoisotopic (exact) mass is 314 g/mol. The van der Waals surface area contributed by atoms with Gasteiger partial charge >= 0.3 is 0 Å². The summed E-state index contributed by atoms with van der Waals surface area (Å²) in [6.45, 7) is 0.873. The van der Waals surface area contributed by atoms with Gasteiger partial charge in [0.05, 0.1) is 24.0 Å². The fourth-order valence-electron chi connectivity index (χ4n) is 2.63. The molecule has 0 amide bonds. The molecule has 0 saturated carbocycles. The highest BCUT2D eigenvalue weighted by molar-refractivity contribution is 8.00. The first-order valence-electron chi connectivity index (χ1n) is 6.63. The fraction of sp³-hybridized carbons (Fsp3) is 0.500.